The van der Waals surface area contributed by atoms with Gasteiger partial charge >= 0.3 is 5.97 Å². The molecule has 0 spiro atoms. The Labute approximate surface area is 126 Å². The highest BCUT2D eigenvalue weighted by Gasteiger charge is 2.27. The number of rotatable bonds is 2. The Morgan fingerprint density at radius 3 is 2.77 bits per heavy atom. The summed E-state index contributed by atoms with van der Waals surface area (Å²) in [4.78, 5) is 11.0. The summed E-state index contributed by atoms with van der Waals surface area (Å²) in [7, 11) is 0. The van der Waals surface area contributed by atoms with Crippen LogP contribution in [0.25, 0.3) is 11.3 Å². The molecule has 2 aliphatic heterocycles. The second-order valence-corrected chi connectivity index (χ2v) is 5.50. The van der Waals surface area contributed by atoms with E-state index >= 15 is 0 Å². The molecule has 2 aliphatic rings. The summed E-state index contributed by atoms with van der Waals surface area (Å²) < 4.78 is 16.6. The Kier molecular flexibility index (Phi) is 3.03. The number of carboxylic acid groups (broad SMARTS) is 1. The minimum absolute atomic E-state index is 0.172. The molecule has 0 fully saturated rings. The Hall–Kier alpha value is -2.50. The molecular formula is C16H15NO5. The standard InChI is InChI=1S/C16H15NO5/c18-16(19)13-8-11(17-22-13)14-10-4-2-5-20-12(10)7-9-3-1-6-21-15(9)14/h7-8H,1-6H2,(H,18,19). The molecule has 1 aromatic heterocycles. The first-order chi connectivity index (χ1) is 10.7. The van der Waals surface area contributed by atoms with Crippen molar-refractivity contribution < 1.29 is 23.9 Å². The maximum absolute atomic E-state index is 11.0. The lowest BCUT2D eigenvalue weighted by Crippen LogP contribution is -2.15. The number of benzene rings is 1. The Balaban J connectivity index is 1.93. The molecule has 114 valence electrons. The van der Waals surface area contributed by atoms with Gasteiger partial charge in [0.2, 0.25) is 5.76 Å². The second-order valence-electron chi connectivity index (χ2n) is 5.50. The van der Waals surface area contributed by atoms with Crippen molar-refractivity contribution in [2.24, 2.45) is 0 Å². The first kappa shape index (κ1) is 13.2. The third-order valence-electron chi connectivity index (χ3n) is 4.07. The first-order valence-electron chi connectivity index (χ1n) is 7.39. The van der Waals surface area contributed by atoms with E-state index in [1.165, 1.54) is 6.07 Å². The maximum Gasteiger partial charge on any atom is 0.374 e. The Bertz CT molecular complexity index is 715. The van der Waals surface area contributed by atoms with Crippen molar-refractivity contribution in [1.82, 2.24) is 5.16 Å². The van der Waals surface area contributed by atoms with E-state index in [1.807, 2.05) is 6.07 Å². The number of aromatic nitrogens is 1. The van der Waals surface area contributed by atoms with Crippen LogP contribution < -0.4 is 9.47 Å². The number of aromatic carboxylic acids is 1. The van der Waals surface area contributed by atoms with Crippen molar-refractivity contribution in [3.63, 3.8) is 0 Å². The summed E-state index contributed by atoms with van der Waals surface area (Å²) >= 11 is 0. The quantitative estimate of drug-likeness (QED) is 0.918. The summed E-state index contributed by atoms with van der Waals surface area (Å²) in [6.07, 6.45) is 3.66. The number of carbonyl (C=O) groups is 1. The van der Waals surface area contributed by atoms with E-state index in [1.54, 1.807) is 0 Å². The molecule has 0 amide bonds. The summed E-state index contributed by atoms with van der Waals surface area (Å²) in [5.41, 5.74) is 3.43. The van der Waals surface area contributed by atoms with Crippen molar-refractivity contribution in [1.29, 1.82) is 0 Å². The molecule has 2 aromatic rings. The van der Waals surface area contributed by atoms with Crippen molar-refractivity contribution >= 4 is 5.97 Å². The Morgan fingerprint density at radius 1 is 1.14 bits per heavy atom. The normalized spacial score (nSPS) is 16.2. The molecule has 1 N–H and O–H groups in total. The van der Waals surface area contributed by atoms with Gasteiger partial charge in [0.1, 0.15) is 17.2 Å². The summed E-state index contributed by atoms with van der Waals surface area (Å²) in [5.74, 6) is 0.342. The summed E-state index contributed by atoms with van der Waals surface area (Å²) in [5, 5.41) is 13.0. The van der Waals surface area contributed by atoms with Gasteiger partial charge in [0.25, 0.3) is 0 Å². The highest BCUT2D eigenvalue weighted by Crippen LogP contribution is 2.45. The van der Waals surface area contributed by atoms with Crippen LogP contribution in [-0.4, -0.2) is 29.4 Å². The molecule has 6 nitrogen and oxygen atoms in total. The molecule has 0 unspecified atom stereocenters. The van der Waals surface area contributed by atoms with E-state index in [0.717, 1.165) is 53.9 Å². The monoisotopic (exact) mass is 301 g/mol. The van der Waals surface area contributed by atoms with Crippen LogP contribution in [0.2, 0.25) is 0 Å². The fourth-order valence-corrected chi connectivity index (χ4v) is 3.09. The first-order valence-corrected chi connectivity index (χ1v) is 7.39. The maximum atomic E-state index is 11.0. The van der Waals surface area contributed by atoms with Crippen molar-refractivity contribution in [2.45, 2.75) is 25.7 Å². The molecular weight excluding hydrogens is 286 g/mol. The van der Waals surface area contributed by atoms with E-state index in [4.69, 9.17) is 19.1 Å². The van der Waals surface area contributed by atoms with Crippen molar-refractivity contribution in [3.05, 3.63) is 29.0 Å². The van der Waals surface area contributed by atoms with Crippen LogP contribution in [0, 0.1) is 0 Å². The van der Waals surface area contributed by atoms with Crippen LogP contribution in [-0.2, 0) is 12.8 Å². The van der Waals surface area contributed by atoms with Crippen LogP contribution in [0.1, 0.15) is 34.5 Å². The van der Waals surface area contributed by atoms with Crippen molar-refractivity contribution in [2.75, 3.05) is 13.2 Å². The van der Waals surface area contributed by atoms with Crippen LogP contribution in [0.15, 0.2) is 16.7 Å². The van der Waals surface area contributed by atoms with E-state index < -0.39 is 5.97 Å². The summed E-state index contributed by atoms with van der Waals surface area (Å²) in [6, 6.07) is 3.50. The number of nitrogens with zero attached hydrogens (tertiary/aromatic N) is 1. The van der Waals surface area contributed by atoms with Gasteiger partial charge in [0.05, 0.1) is 18.8 Å². The van der Waals surface area contributed by atoms with E-state index in [0.29, 0.717) is 18.9 Å². The molecule has 0 saturated heterocycles. The van der Waals surface area contributed by atoms with Gasteiger partial charge in [-0.05, 0) is 37.3 Å². The van der Waals surface area contributed by atoms with Gasteiger partial charge in [-0.25, -0.2) is 4.79 Å². The molecule has 0 radical (unpaired) electrons. The summed E-state index contributed by atoms with van der Waals surface area (Å²) in [6.45, 7) is 1.36. The molecule has 4 rings (SSSR count). The molecule has 0 bridgehead atoms. The van der Waals surface area contributed by atoms with Gasteiger partial charge in [-0.15, -0.1) is 0 Å². The number of ether oxygens (including phenoxy) is 2. The predicted octanol–water partition coefficient (Wildman–Crippen LogP) is 2.69. The Morgan fingerprint density at radius 2 is 1.95 bits per heavy atom. The van der Waals surface area contributed by atoms with Crippen LogP contribution in [0.5, 0.6) is 11.5 Å². The molecule has 6 heteroatoms. The zero-order chi connectivity index (χ0) is 15.1. The lowest BCUT2D eigenvalue weighted by molar-refractivity contribution is 0.0652. The van der Waals surface area contributed by atoms with Crippen LogP contribution in [0.4, 0.5) is 0 Å². The molecule has 1 aromatic carbocycles. The van der Waals surface area contributed by atoms with Crippen LogP contribution in [0.3, 0.4) is 0 Å². The zero-order valence-electron chi connectivity index (χ0n) is 11.9. The van der Waals surface area contributed by atoms with Gasteiger partial charge in [-0.2, -0.15) is 0 Å². The molecule has 0 aliphatic carbocycles. The smallest absolute Gasteiger partial charge is 0.374 e. The molecule has 0 atom stereocenters. The predicted molar refractivity (Wildman–Crippen MR) is 76.5 cm³/mol. The molecule has 3 heterocycles. The minimum Gasteiger partial charge on any atom is -0.493 e. The van der Waals surface area contributed by atoms with E-state index in [9.17, 15) is 4.79 Å². The second kappa shape index (κ2) is 5.05. The topological polar surface area (TPSA) is 81.8 Å². The fourth-order valence-electron chi connectivity index (χ4n) is 3.09. The van der Waals surface area contributed by atoms with E-state index in [2.05, 4.69) is 5.16 Å². The van der Waals surface area contributed by atoms with Gasteiger partial charge < -0.3 is 19.1 Å². The fraction of sp³-hybridized carbons (Fsp3) is 0.375. The average molecular weight is 301 g/mol. The van der Waals surface area contributed by atoms with Crippen molar-refractivity contribution in [3.8, 4) is 22.8 Å². The highest BCUT2D eigenvalue weighted by molar-refractivity contribution is 5.87. The number of aryl methyl sites for hydroxylation is 1. The number of hydrogen-bond donors (Lipinski definition) is 1. The van der Waals surface area contributed by atoms with E-state index in [-0.39, 0.29) is 5.76 Å². The number of hydrogen-bond acceptors (Lipinski definition) is 5. The largest absolute Gasteiger partial charge is 0.493 e. The SMILES string of the molecule is O=C(O)c1cc(-c2c3c(cc4c2OCCC4)OCCC3)no1. The third-order valence-corrected chi connectivity index (χ3v) is 4.07. The number of carboxylic acids is 1. The lowest BCUT2D eigenvalue weighted by atomic mass is 9.91. The zero-order valence-corrected chi connectivity index (χ0v) is 11.9. The van der Waals surface area contributed by atoms with Gasteiger partial charge in [-0.1, -0.05) is 5.16 Å². The highest BCUT2D eigenvalue weighted by atomic mass is 16.5. The molecule has 0 saturated carbocycles. The van der Waals surface area contributed by atoms with Crippen LogP contribution >= 0.6 is 0 Å². The third kappa shape index (κ3) is 2.03. The van der Waals surface area contributed by atoms with Gasteiger partial charge in [0, 0.05) is 11.6 Å². The lowest BCUT2D eigenvalue weighted by Gasteiger charge is -2.26. The van der Waals surface area contributed by atoms with Gasteiger partial charge in [0.15, 0.2) is 0 Å². The number of fused-ring (bicyclic) bond motifs is 2. The average Bonchev–Trinajstić information content (AvgIpc) is 3.02. The minimum atomic E-state index is -1.13. The van der Waals surface area contributed by atoms with Gasteiger partial charge in [-0.3, -0.25) is 0 Å². The molecule has 22 heavy (non-hydrogen) atoms.